The molecule has 19 heavy (non-hydrogen) atoms. The maximum absolute atomic E-state index is 12.1. The Hall–Kier alpha value is -1.37. The lowest BCUT2D eigenvalue weighted by Gasteiger charge is -2.20. The van der Waals surface area contributed by atoms with Crippen molar-refractivity contribution in [2.45, 2.75) is 0 Å². The molecule has 0 fully saturated rings. The van der Waals surface area contributed by atoms with Crippen molar-refractivity contribution in [3.8, 4) is 0 Å². The summed E-state index contributed by atoms with van der Waals surface area (Å²) in [5, 5.41) is 9.00. The Morgan fingerprint density at radius 3 is 2.68 bits per heavy atom. The molecule has 1 aromatic rings. The lowest BCUT2D eigenvalue weighted by atomic mass is 10.2. The second kappa shape index (κ2) is 7.28. The van der Waals surface area contributed by atoms with Gasteiger partial charge in [-0.2, -0.15) is 0 Å². The highest BCUT2D eigenvalue weighted by Crippen LogP contribution is 2.20. The number of hydrogen-bond donors (Lipinski definition) is 1. The second-order valence-corrected chi connectivity index (χ2v) is 4.38. The number of carboxylic acids is 1. The zero-order chi connectivity index (χ0) is 14.4. The van der Waals surface area contributed by atoms with E-state index >= 15 is 0 Å². The van der Waals surface area contributed by atoms with Crippen molar-refractivity contribution in [1.82, 2.24) is 9.88 Å². The van der Waals surface area contributed by atoms with Crippen LogP contribution in [-0.2, 0) is 9.53 Å². The average Bonchev–Trinajstić information content (AvgIpc) is 2.36. The minimum atomic E-state index is -1.11. The molecule has 1 amide bonds. The van der Waals surface area contributed by atoms with Crippen molar-refractivity contribution >= 4 is 35.1 Å². The molecule has 0 saturated heterocycles. The van der Waals surface area contributed by atoms with Crippen molar-refractivity contribution in [2.24, 2.45) is 0 Å². The van der Waals surface area contributed by atoms with Gasteiger partial charge in [0.1, 0.15) is 11.7 Å². The van der Waals surface area contributed by atoms with Crippen molar-refractivity contribution < 1.29 is 19.4 Å². The Morgan fingerprint density at radius 1 is 1.47 bits per heavy atom. The first-order valence-corrected chi connectivity index (χ1v) is 6.02. The first kappa shape index (κ1) is 15.7. The van der Waals surface area contributed by atoms with Crippen molar-refractivity contribution in [1.29, 1.82) is 0 Å². The van der Waals surface area contributed by atoms with Gasteiger partial charge in [-0.1, -0.05) is 23.2 Å². The van der Waals surface area contributed by atoms with Crippen LogP contribution in [0, 0.1) is 0 Å². The largest absolute Gasteiger partial charge is 0.480 e. The predicted octanol–water partition coefficient (Wildman–Crippen LogP) is 1.56. The first-order valence-electron chi connectivity index (χ1n) is 5.26. The lowest BCUT2D eigenvalue weighted by molar-refractivity contribution is -0.137. The summed E-state index contributed by atoms with van der Waals surface area (Å²) in [4.78, 5) is 27.7. The van der Waals surface area contributed by atoms with E-state index < -0.39 is 18.4 Å². The van der Waals surface area contributed by atoms with Gasteiger partial charge in [0.05, 0.1) is 17.2 Å². The third-order valence-electron chi connectivity index (χ3n) is 2.22. The van der Waals surface area contributed by atoms with Crippen molar-refractivity contribution in [2.75, 3.05) is 26.8 Å². The summed E-state index contributed by atoms with van der Waals surface area (Å²) in [7, 11) is 1.46. The van der Waals surface area contributed by atoms with Gasteiger partial charge in [0.25, 0.3) is 5.91 Å². The monoisotopic (exact) mass is 306 g/mol. The van der Waals surface area contributed by atoms with E-state index in [0.717, 1.165) is 4.90 Å². The van der Waals surface area contributed by atoms with Gasteiger partial charge in [0.15, 0.2) is 0 Å². The van der Waals surface area contributed by atoms with Gasteiger partial charge in [0, 0.05) is 19.9 Å². The zero-order valence-corrected chi connectivity index (χ0v) is 11.6. The van der Waals surface area contributed by atoms with E-state index in [1.807, 2.05) is 0 Å². The van der Waals surface area contributed by atoms with Gasteiger partial charge in [-0.15, -0.1) is 0 Å². The van der Waals surface area contributed by atoms with Gasteiger partial charge in [-0.3, -0.25) is 9.59 Å². The zero-order valence-electron chi connectivity index (χ0n) is 10.1. The van der Waals surface area contributed by atoms with E-state index in [9.17, 15) is 9.59 Å². The first-order chi connectivity index (χ1) is 8.95. The number of halogens is 2. The summed E-state index contributed by atoms with van der Waals surface area (Å²) >= 11 is 11.4. The lowest BCUT2D eigenvalue weighted by Crippen LogP contribution is -2.38. The van der Waals surface area contributed by atoms with E-state index in [2.05, 4.69) is 4.98 Å². The Bertz CT molecular complexity index is 482. The van der Waals surface area contributed by atoms with E-state index in [0.29, 0.717) is 0 Å². The Balaban J connectivity index is 2.90. The summed E-state index contributed by atoms with van der Waals surface area (Å²) in [6.45, 7) is -0.0436. The molecule has 8 heteroatoms. The Morgan fingerprint density at radius 2 is 2.16 bits per heavy atom. The molecule has 1 heterocycles. The molecule has 1 rings (SSSR count). The van der Waals surface area contributed by atoms with Crippen LogP contribution in [0.3, 0.4) is 0 Å². The number of aliphatic carboxylic acids is 1. The molecule has 0 aliphatic carbocycles. The smallest absolute Gasteiger partial charge is 0.323 e. The number of methoxy groups -OCH3 is 1. The van der Waals surface area contributed by atoms with Crippen LogP contribution in [0.15, 0.2) is 12.3 Å². The third-order valence-corrected chi connectivity index (χ3v) is 2.91. The number of nitrogens with zero attached hydrogens (tertiary/aromatic N) is 2. The highest BCUT2D eigenvalue weighted by molar-refractivity contribution is 6.41. The summed E-state index contributed by atoms with van der Waals surface area (Å²) in [6.07, 6.45) is 1.25. The van der Waals surface area contributed by atoms with Gasteiger partial charge in [-0.25, -0.2) is 4.98 Å². The number of pyridine rings is 1. The molecule has 0 aliphatic rings. The molecule has 0 atom stereocenters. The minimum Gasteiger partial charge on any atom is -0.480 e. The highest BCUT2D eigenvalue weighted by Gasteiger charge is 2.19. The summed E-state index contributed by atoms with van der Waals surface area (Å²) in [5.74, 6) is -1.61. The standard InChI is InChI=1S/C11H12Cl2N2O4/c1-19-3-2-15(6-9(16)17)11(18)7-4-8(12)10(13)14-5-7/h4-5H,2-3,6H2,1H3,(H,16,17). The molecule has 0 spiro atoms. The van der Waals surface area contributed by atoms with Crippen LogP contribution in [0.1, 0.15) is 10.4 Å². The molecule has 0 saturated carbocycles. The molecule has 0 unspecified atom stereocenters. The van der Waals surface area contributed by atoms with E-state index in [4.69, 9.17) is 33.0 Å². The fourth-order valence-electron chi connectivity index (χ4n) is 1.34. The molecule has 0 aliphatic heterocycles. The number of carboxylic acid groups (broad SMARTS) is 1. The normalized spacial score (nSPS) is 10.3. The van der Waals surface area contributed by atoms with Crippen molar-refractivity contribution in [3.63, 3.8) is 0 Å². The summed E-state index contributed by atoms with van der Waals surface area (Å²) < 4.78 is 4.83. The number of aromatic nitrogens is 1. The highest BCUT2D eigenvalue weighted by atomic mass is 35.5. The fourth-order valence-corrected chi connectivity index (χ4v) is 1.61. The van der Waals surface area contributed by atoms with E-state index in [1.165, 1.54) is 19.4 Å². The van der Waals surface area contributed by atoms with Crippen LogP contribution in [0.4, 0.5) is 0 Å². The number of amides is 1. The second-order valence-electron chi connectivity index (χ2n) is 3.61. The van der Waals surface area contributed by atoms with Crippen LogP contribution in [0.5, 0.6) is 0 Å². The number of ether oxygens (including phenoxy) is 1. The van der Waals surface area contributed by atoms with E-state index in [1.54, 1.807) is 0 Å². The van der Waals surface area contributed by atoms with Crippen LogP contribution in [-0.4, -0.2) is 53.7 Å². The topological polar surface area (TPSA) is 79.7 Å². The number of hydrogen-bond acceptors (Lipinski definition) is 4. The molecule has 0 radical (unpaired) electrons. The average molecular weight is 307 g/mol. The molecule has 1 aromatic heterocycles. The van der Waals surface area contributed by atoms with Gasteiger partial charge in [-0.05, 0) is 6.07 Å². The Kier molecular flexibility index (Phi) is 6.01. The van der Waals surface area contributed by atoms with Crippen molar-refractivity contribution in [3.05, 3.63) is 28.0 Å². The molecule has 104 valence electrons. The summed E-state index contributed by atoms with van der Waals surface area (Å²) in [6, 6.07) is 1.35. The predicted molar refractivity (Wildman–Crippen MR) is 69.7 cm³/mol. The third kappa shape index (κ3) is 4.66. The molecule has 6 nitrogen and oxygen atoms in total. The van der Waals surface area contributed by atoms with Gasteiger partial charge < -0.3 is 14.7 Å². The van der Waals surface area contributed by atoms with Gasteiger partial charge >= 0.3 is 5.97 Å². The molecule has 1 N–H and O–H groups in total. The van der Waals surface area contributed by atoms with Gasteiger partial charge in [0.2, 0.25) is 0 Å². The maximum atomic E-state index is 12.1. The maximum Gasteiger partial charge on any atom is 0.323 e. The van der Waals surface area contributed by atoms with Crippen LogP contribution >= 0.6 is 23.2 Å². The quantitative estimate of drug-likeness (QED) is 0.807. The van der Waals surface area contributed by atoms with Crippen LogP contribution in [0.2, 0.25) is 10.2 Å². The number of rotatable bonds is 6. The SMILES string of the molecule is COCCN(CC(=O)O)C(=O)c1cnc(Cl)c(Cl)c1. The number of carbonyl (C=O) groups is 2. The summed E-state index contributed by atoms with van der Waals surface area (Å²) in [5.41, 5.74) is 0.173. The van der Waals surface area contributed by atoms with Crippen LogP contribution in [0.25, 0.3) is 0 Å². The van der Waals surface area contributed by atoms with Crippen LogP contribution < -0.4 is 0 Å². The number of carbonyl (C=O) groups excluding carboxylic acids is 1. The molecular formula is C11H12Cl2N2O4. The van der Waals surface area contributed by atoms with E-state index in [-0.39, 0.29) is 28.9 Å². The molecule has 0 bridgehead atoms. The Labute approximate surface area is 119 Å². The fraction of sp³-hybridized carbons (Fsp3) is 0.364. The molecule has 0 aromatic carbocycles. The minimum absolute atomic E-state index is 0.0832. The molecular weight excluding hydrogens is 295 g/mol.